The Morgan fingerprint density at radius 1 is 1.46 bits per heavy atom. The molecule has 8 nitrogen and oxygen atoms in total. The largest absolute Gasteiger partial charge is 0.455 e. The topological polar surface area (TPSA) is 89.9 Å². The van der Waals surface area contributed by atoms with Gasteiger partial charge in [0.2, 0.25) is 0 Å². The number of amides is 1. The fourth-order valence-electron chi connectivity index (χ4n) is 4.17. The lowest BCUT2D eigenvalue weighted by Gasteiger charge is -2.20. The number of ether oxygens (including phenoxy) is 2. The fourth-order valence-corrected chi connectivity index (χ4v) is 4.17. The molecule has 0 saturated carbocycles. The standard InChI is InChI=1S/C20H26N4O4/c1-12-14-8-7-13(10-24-11-15(21-22-24)18(25)23(3)4)6-5-9-20(2)17(28-20)16(14)27-19(12)26/h6,11,14,16-17H,1,5,7-10H2,2-4H3/b13-6+/t14-,16-,17-,20+/m0/s1. The van der Waals surface area contributed by atoms with Gasteiger partial charge >= 0.3 is 5.97 Å². The maximum Gasteiger partial charge on any atom is 0.334 e. The van der Waals surface area contributed by atoms with Gasteiger partial charge in [0.05, 0.1) is 18.3 Å². The minimum Gasteiger partial charge on any atom is -0.455 e. The highest BCUT2D eigenvalue weighted by molar-refractivity contribution is 5.91. The highest BCUT2D eigenvalue weighted by atomic mass is 16.6. The second-order valence-corrected chi connectivity index (χ2v) is 8.29. The van der Waals surface area contributed by atoms with Gasteiger partial charge in [0.1, 0.15) is 12.2 Å². The third kappa shape index (κ3) is 3.37. The highest BCUT2D eigenvalue weighted by Gasteiger charge is 2.61. The Labute approximate surface area is 164 Å². The van der Waals surface area contributed by atoms with Gasteiger partial charge in [0.15, 0.2) is 5.69 Å². The summed E-state index contributed by atoms with van der Waals surface area (Å²) in [6, 6.07) is 0. The minimum absolute atomic E-state index is 0.0255. The minimum atomic E-state index is -0.305. The van der Waals surface area contributed by atoms with Crippen LogP contribution in [0.3, 0.4) is 0 Å². The van der Waals surface area contributed by atoms with Gasteiger partial charge in [-0.25, -0.2) is 9.48 Å². The van der Waals surface area contributed by atoms with Gasteiger partial charge in [-0.1, -0.05) is 23.4 Å². The Bertz CT molecular complexity index is 858. The summed E-state index contributed by atoms with van der Waals surface area (Å²) in [4.78, 5) is 25.6. The molecule has 0 bridgehead atoms. The van der Waals surface area contributed by atoms with E-state index in [0.29, 0.717) is 17.8 Å². The lowest BCUT2D eigenvalue weighted by Crippen LogP contribution is -2.29. The van der Waals surface area contributed by atoms with Crippen molar-refractivity contribution in [2.45, 2.75) is 57.0 Å². The Hall–Kier alpha value is -2.48. The van der Waals surface area contributed by atoms with Crippen LogP contribution in [-0.2, 0) is 20.8 Å². The van der Waals surface area contributed by atoms with E-state index < -0.39 is 0 Å². The van der Waals surface area contributed by atoms with Gasteiger partial charge in [-0.2, -0.15) is 0 Å². The average molecular weight is 386 g/mol. The Morgan fingerprint density at radius 3 is 3.00 bits per heavy atom. The Morgan fingerprint density at radius 2 is 2.25 bits per heavy atom. The van der Waals surface area contributed by atoms with Gasteiger partial charge in [0, 0.05) is 25.6 Å². The molecule has 1 aliphatic carbocycles. The first-order valence-corrected chi connectivity index (χ1v) is 9.66. The van der Waals surface area contributed by atoms with Crippen molar-refractivity contribution in [1.29, 1.82) is 0 Å². The summed E-state index contributed by atoms with van der Waals surface area (Å²) >= 11 is 0. The van der Waals surface area contributed by atoms with Gasteiger partial charge in [-0.15, -0.1) is 5.10 Å². The van der Waals surface area contributed by atoms with Crippen molar-refractivity contribution < 1.29 is 19.1 Å². The quantitative estimate of drug-likeness (QED) is 0.340. The van der Waals surface area contributed by atoms with Crippen molar-refractivity contribution >= 4 is 11.9 Å². The molecule has 2 aliphatic heterocycles. The molecule has 0 radical (unpaired) electrons. The first-order valence-electron chi connectivity index (χ1n) is 9.66. The zero-order chi connectivity index (χ0) is 20.1. The van der Waals surface area contributed by atoms with Crippen molar-refractivity contribution in [3.63, 3.8) is 0 Å². The fraction of sp³-hybridized carbons (Fsp3) is 0.600. The number of nitrogens with zero attached hydrogens (tertiary/aromatic N) is 4. The molecule has 0 unspecified atom stereocenters. The van der Waals surface area contributed by atoms with E-state index in [9.17, 15) is 9.59 Å². The lowest BCUT2D eigenvalue weighted by molar-refractivity contribution is -0.140. The average Bonchev–Trinajstić information content (AvgIpc) is 2.97. The maximum absolute atomic E-state index is 12.0. The van der Waals surface area contributed by atoms with Crippen LogP contribution in [0.5, 0.6) is 0 Å². The van der Waals surface area contributed by atoms with Crippen molar-refractivity contribution in [1.82, 2.24) is 19.9 Å². The predicted octanol–water partition coefficient (Wildman–Crippen LogP) is 1.74. The van der Waals surface area contributed by atoms with Gasteiger partial charge in [0.25, 0.3) is 5.91 Å². The van der Waals surface area contributed by atoms with Crippen molar-refractivity contribution in [3.05, 3.63) is 35.7 Å². The SMILES string of the molecule is C=C1C(=O)O[C@H]2[C@H]1CC/C(Cn1cc(C(=O)N(C)C)nn1)=C\CC[C@@]1(C)O[C@@H]21. The van der Waals surface area contributed by atoms with Gasteiger partial charge < -0.3 is 14.4 Å². The number of hydrogen-bond donors (Lipinski definition) is 0. The Kier molecular flexibility index (Phi) is 4.61. The molecule has 8 heteroatoms. The van der Waals surface area contributed by atoms with Crippen LogP contribution in [0.2, 0.25) is 0 Å². The number of esters is 1. The normalized spacial score (nSPS) is 34.0. The number of carbonyl (C=O) groups excluding carboxylic acids is 2. The van der Waals surface area contributed by atoms with Crippen LogP contribution in [-0.4, -0.2) is 63.7 Å². The summed E-state index contributed by atoms with van der Waals surface area (Å²) in [5.41, 5.74) is 1.82. The molecule has 0 N–H and O–H groups in total. The molecule has 2 fully saturated rings. The van der Waals surface area contributed by atoms with Gasteiger partial charge in [-0.05, 0) is 32.6 Å². The third-order valence-electron chi connectivity index (χ3n) is 5.97. The van der Waals surface area contributed by atoms with Crippen LogP contribution in [0.25, 0.3) is 0 Å². The second-order valence-electron chi connectivity index (χ2n) is 8.29. The van der Waals surface area contributed by atoms with Crippen LogP contribution < -0.4 is 0 Å². The number of epoxide rings is 1. The summed E-state index contributed by atoms with van der Waals surface area (Å²) < 4.78 is 13.2. The van der Waals surface area contributed by atoms with Crippen molar-refractivity contribution in [2.75, 3.05) is 14.1 Å². The molecule has 28 heavy (non-hydrogen) atoms. The molecule has 4 rings (SSSR count). The van der Waals surface area contributed by atoms with Crippen LogP contribution in [0.4, 0.5) is 0 Å². The van der Waals surface area contributed by atoms with E-state index >= 15 is 0 Å². The summed E-state index contributed by atoms with van der Waals surface area (Å²) in [5, 5.41) is 8.08. The molecule has 0 spiro atoms. The first kappa shape index (κ1) is 18.9. The number of fused-ring (bicyclic) bond motifs is 3. The lowest BCUT2D eigenvalue weighted by atomic mass is 9.84. The third-order valence-corrected chi connectivity index (χ3v) is 5.97. The maximum atomic E-state index is 12.0. The number of aromatic nitrogens is 3. The molecule has 1 aromatic heterocycles. The monoisotopic (exact) mass is 386 g/mol. The van der Waals surface area contributed by atoms with E-state index in [1.165, 1.54) is 10.5 Å². The summed E-state index contributed by atoms with van der Waals surface area (Å²) in [6.45, 7) is 6.59. The number of carbonyl (C=O) groups is 2. The van der Waals surface area contributed by atoms with Crippen LogP contribution in [0.15, 0.2) is 30.0 Å². The molecule has 150 valence electrons. The van der Waals surface area contributed by atoms with Crippen molar-refractivity contribution in [3.8, 4) is 0 Å². The second kappa shape index (κ2) is 6.84. The summed E-state index contributed by atoms with van der Waals surface area (Å²) in [7, 11) is 3.38. The zero-order valence-corrected chi connectivity index (χ0v) is 16.6. The van der Waals surface area contributed by atoms with Crippen LogP contribution >= 0.6 is 0 Å². The molecular formula is C20H26N4O4. The molecule has 3 aliphatic rings. The van der Waals surface area contributed by atoms with Crippen LogP contribution in [0.1, 0.15) is 43.1 Å². The highest BCUT2D eigenvalue weighted by Crippen LogP contribution is 2.49. The molecule has 1 aromatic rings. The van der Waals surface area contributed by atoms with E-state index in [1.54, 1.807) is 25.0 Å². The molecular weight excluding hydrogens is 360 g/mol. The zero-order valence-electron chi connectivity index (χ0n) is 16.6. The Balaban J connectivity index is 1.50. The first-order chi connectivity index (χ1) is 13.3. The van der Waals surface area contributed by atoms with E-state index in [-0.39, 0.29) is 35.6 Å². The molecule has 3 heterocycles. The molecule has 0 aromatic carbocycles. The van der Waals surface area contributed by atoms with E-state index in [1.807, 2.05) is 0 Å². The summed E-state index contributed by atoms with van der Waals surface area (Å²) in [6.07, 6.45) is 6.95. The molecule has 2 saturated heterocycles. The van der Waals surface area contributed by atoms with Crippen LogP contribution in [0, 0.1) is 5.92 Å². The predicted molar refractivity (Wildman–Crippen MR) is 100 cm³/mol. The summed E-state index contributed by atoms with van der Waals surface area (Å²) in [5.74, 6) is -0.500. The number of rotatable bonds is 3. The number of hydrogen-bond acceptors (Lipinski definition) is 6. The number of allylic oxidation sites excluding steroid dienone is 2. The van der Waals surface area contributed by atoms with Crippen molar-refractivity contribution in [2.24, 2.45) is 5.92 Å². The van der Waals surface area contributed by atoms with E-state index in [0.717, 1.165) is 25.7 Å². The van der Waals surface area contributed by atoms with E-state index in [2.05, 4.69) is 29.9 Å². The molecule has 1 amide bonds. The smallest absolute Gasteiger partial charge is 0.334 e. The molecule has 4 atom stereocenters. The van der Waals surface area contributed by atoms with E-state index in [4.69, 9.17) is 9.47 Å². The van der Waals surface area contributed by atoms with Gasteiger partial charge in [-0.3, -0.25) is 4.79 Å².